The topological polar surface area (TPSA) is 69.6 Å². The molecule has 0 unspecified atom stereocenters. The third-order valence-corrected chi connectivity index (χ3v) is 4.27. The third-order valence-electron chi connectivity index (χ3n) is 4.02. The average molecular weight is 366 g/mol. The van der Waals surface area contributed by atoms with E-state index in [1.165, 1.54) is 10.4 Å². The van der Waals surface area contributed by atoms with Crippen LogP contribution in [0.5, 0.6) is 0 Å². The Morgan fingerprint density at radius 2 is 1.88 bits per heavy atom. The van der Waals surface area contributed by atoms with Crippen LogP contribution in [0.15, 0.2) is 53.1 Å². The van der Waals surface area contributed by atoms with Crippen molar-refractivity contribution in [3.8, 4) is 22.8 Å². The van der Waals surface area contributed by atoms with Crippen molar-refractivity contribution >= 4 is 11.6 Å². The van der Waals surface area contributed by atoms with Crippen LogP contribution in [0.1, 0.15) is 16.8 Å². The highest BCUT2D eigenvalue weighted by molar-refractivity contribution is 6.30. The molecule has 0 bridgehead atoms. The molecule has 2 aromatic heterocycles. The predicted molar refractivity (Wildman–Crippen MR) is 98.8 cm³/mol. The number of rotatable bonds is 4. The summed E-state index contributed by atoms with van der Waals surface area (Å²) in [6, 6.07) is 13.5. The Balaban J connectivity index is 1.53. The Morgan fingerprint density at radius 1 is 1.08 bits per heavy atom. The van der Waals surface area contributed by atoms with E-state index in [1.807, 2.05) is 31.2 Å². The molecule has 0 N–H and O–H groups in total. The lowest BCUT2D eigenvalue weighted by molar-refractivity contribution is 0.550. The summed E-state index contributed by atoms with van der Waals surface area (Å²) < 4.78 is 5.63. The highest BCUT2D eigenvalue weighted by Gasteiger charge is 2.12. The summed E-state index contributed by atoms with van der Waals surface area (Å²) in [7, 11) is 0. The van der Waals surface area contributed by atoms with Crippen molar-refractivity contribution in [3.63, 3.8) is 0 Å². The van der Waals surface area contributed by atoms with Crippen LogP contribution >= 0.6 is 11.6 Å². The van der Waals surface area contributed by atoms with Crippen molar-refractivity contribution < 1.29 is 4.42 Å². The summed E-state index contributed by atoms with van der Waals surface area (Å²) in [6.07, 6.45) is 1.62. The number of nitrogens with zero attached hydrogens (tertiary/aromatic N) is 5. The molecule has 4 rings (SSSR count). The van der Waals surface area contributed by atoms with Crippen LogP contribution < -0.4 is 0 Å². The van der Waals surface area contributed by atoms with Gasteiger partial charge in [-0.05, 0) is 55.0 Å². The van der Waals surface area contributed by atoms with Crippen LogP contribution in [-0.2, 0) is 6.54 Å². The molecule has 0 spiro atoms. The van der Waals surface area contributed by atoms with Crippen LogP contribution in [-0.4, -0.2) is 25.2 Å². The number of halogens is 1. The van der Waals surface area contributed by atoms with Crippen LogP contribution in [0.3, 0.4) is 0 Å². The van der Waals surface area contributed by atoms with Gasteiger partial charge in [-0.2, -0.15) is 4.80 Å². The maximum absolute atomic E-state index is 5.90. The Kier molecular flexibility index (Phi) is 4.26. The first-order chi connectivity index (χ1) is 12.6. The second kappa shape index (κ2) is 6.72. The SMILES string of the molecule is Cc1ccc(-c2nc(Cn3nnc(-c4ccc(Cl)cc4)n3)co2)c(C)c1. The summed E-state index contributed by atoms with van der Waals surface area (Å²) in [6.45, 7) is 4.49. The molecule has 4 aromatic rings. The van der Waals surface area contributed by atoms with E-state index in [0.29, 0.717) is 23.3 Å². The molecule has 0 radical (unpaired) electrons. The maximum atomic E-state index is 5.90. The van der Waals surface area contributed by atoms with Gasteiger partial charge in [0, 0.05) is 16.1 Å². The third kappa shape index (κ3) is 3.36. The van der Waals surface area contributed by atoms with Crippen LogP contribution in [0, 0.1) is 13.8 Å². The van der Waals surface area contributed by atoms with Gasteiger partial charge in [-0.25, -0.2) is 4.98 Å². The molecular formula is C19H16ClN5O. The molecule has 130 valence electrons. The van der Waals surface area contributed by atoms with Crippen LogP contribution in [0.2, 0.25) is 5.02 Å². The summed E-state index contributed by atoms with van der Waals surface area (Å²) >= 11 is 5.90. The number of aryl methyl sites for hydroxylation is 2. The lowest BCUT2D eigenvalue weighted by atomic mass is 10.1. The quantitative estimate of drug-likeness (QED) is 0.539. The number of hydrogen-bond acceptors (Lipinski definition) is 5. The Morgan fingerprint density at radius 3 is 2.65 bits per heavy atom. The smallest absolute Gasteiger partial charge is 0.226 e. The van der Waals surface area contributed by atoms with E-state index < -0.39 is 0 Å². The van der Waals surface area contributed by atoms with Crippen LogP contribution in [0.25, 0.3) is 22.8 Å². The lowest BCUT2D eigenvalue weighted by Gasteiger charge is -2.02. The minimum absolute atomic E-state index is 0.384. The molecule has 0 fully saturated rings. The van der Waals surface area contributed by atoms with Gasteiger partial charge in [-0.15, -0.1) is 10.2 Å². The zero-order valence-electron chi connectivity index (χ0n) is 14.3. The summed E-state index contributed by atoms with van der Waals surface area (Å²) in [5.41, 5.74) is 4.91. The summed E-state index contributed by atoms with van der Waals surface area (Å²) in [4.78, 5) is 6.04. The van der Waals surface area contributed by atoms with Crippen molar-refractivity contribution in [2.45, 2.75) is 20.4 Å². The van der Waals surface area contributed by atoms with Gasteiger partial charge in [0.1, 0.15) is 18.5 Å². The first-order valence-corrected chi connectivity index (χ1v) is 8.52. The largest absolute Gasteiger partial charge is 0.444 e. The monoisotopic (exact) mass is 365 g/mol. The van der Waals surface area contributed by atoms with Gasteiger partial charge in [0.25, 0.3) is 0 Å². The second-order valence-electron chi connectivity index (χ2n) is 6.11. The normalized spacial score (nSPS) is 11.0. The minimum atomic E-state index is 0.384. The maximum Gasteiger partial charge on any atom is 0.226 e. The van der Waals surface area contributed by atoms with Gasteiger partial charge in [0.05, 0.1) is 0 Å². The number of aromatic nitrogens is 5. The van der Waals surface area contributed by atoms with E-state index in [-0.39, 0.29) is 0 Å². The highest BCUT2D eigenvalue weighted by Crippen LogP contribution is 2.24. The molecule has 26 heavy (non-hydrogen) atoms. The van der Waals surface area contributed by atoms with Crippen molar-refractivity contribution in [3.05, 3.63) is 70.6 Å². The molecule has 0 atom stereocenters. The van der Waals surface area contributed by atoms with Gasteiger partial charge in [-0.3, -0.25) is 0 Å². The van der Waals surface area contributed by atoms with Crippen molar-refractivity contribution in [1.29, 1.82) is 0 Å². The molecular weight excluding hydrogens is 350 g/mol. The molecule has 2 heterocycles. The van der Waals surface area contributed by atoms with E-state index in [9.17, 15) is 0 Å². The minimum Gasteiger partial charge on any atom is -0.444 e. The zero-order chi connectivity index (χ0) is 18.1. The van der Waals surface area contributed by atoms with Gasteiger partial charge in [0.2, 0.25) is 11.7 Å². The van der Waals surface area contributed by atoms with E-state index in [1.54, 1.807) is 18.4 Å². The zero-order valence-corrected chi connectivity index (χ0v) is 15.1. The van der Waals surface area contributed by atoms with Crippen LogP contribution in [0.4, 0.5) is 0 Å². The fourth-order valence-electron chi connectivity index (χ4n) is 2.73. The summed E-state index contributed by atoms with van der Waals surface area (Å²) in [5.74, 6) is 1.13. The van der Waals surface area contributed by atoms with E-state index >= 15 is 0 Å². The van der Waals surface area contributed by atoms with E-state index in [4.69, 9.17) is 16.0 Å². The Hall–Kier alpha value is -2.99. The van der Waals surface area contributed by atoms with Gasteiger partial charge in [0.15, 0.2) is 0 Å². The molecule has 0 aliphatic heterocycles. The lowest BCUT2D eigenvalue weighted by Crippen LogP contribution is -2.04. The Labute approximate surface area is 155 Å². The fourth-order valence-corrected chi connectivity index (χ4v) is 2.85. The molecule has 0 saturated heterocycles. The molecule has 0 aliphatic carbocycles. The molecule has 0 saturated carbocycles. The van der Waals surface area contributed by atoms with Crippen molar-refractivity contribution in [2.24, 2.45) is 0 Å². The molecule has 0 aliphatic rings. The first-order valence-electron chi connectivity index (χ1n) is 8.14. The van der Waals surface area contributed by atoms with Gasteiger partial charge < -0.3 is 4.42 Å². The van der Waals surface area contributed by atoms with E-state index in [0.717, 1.165) is 22.4 Å². The van der Waals surface area contributed by atoms with E-state index in [2.05, 4.69) is 33.4 Å². The summed E-state index contributed by atoms with van der Waals surface area (Å²) in [5, 5.41) is 13.2. The van der Waals surface area contributed by atoms with Gasteiger partial charge in [-0.1, -0.05) is 29.3 Å². The number of benzene rings is 2. The Bertz CT molecular complexity index is 1050. The van der Waals surface area contributed by atoms with Crippen molar-refractivity contribution in [1.82, 2.24) is 25.2 Å². The fraction of sp³-hybridized carbons (Fsp3) is 0.158. The molecule has 6 nitrogen and oxygen atoms in total. The average Bonchev–Trinajstić information content (AvgIpc) is 3.26. The molecule has 7 heteroatoms. The standard InChI is InChI=1S/C19H16ClN5O/c1-12-3-8-17(13(2)9-12)19-21-16(11-26-19)10-25-23-18(22-24-25)14-4-6-15(20)7-5-14/h3-9,11H,10H2,1-2H3. The number of tetrazole rings is 1. The molecule has 2 aromatic carbocycles. The van der Waals surface area contributed by atoms with Crippen molar-refractivity contribution in [2.75, 3.05) is 0 Å². The first kappa shape index (κ1) is 16.5. The number of oxazole rings is 1. The molecule has 0 amide bonds. The second-order valence-corrected chi connectivity index (χ2v) is 6.55. The predicted octanol–water partition coefficient (Wildman–Crippen LogP) is 4.31. The van der Waals surface area contributed by atoms with Gasteiger partial charge >= 0.3 is 0 Å². The number of hydrogen-bond donors (Lipinski definition) is 0. The highest BCUT2D eigenvalue weighted by atomic mass is 35.5.